The summed E-state index contributed by atoms with van der Waals surface area (Å²) in [4.78, 5) is 20.4. The van der Waals surface area contributed by atoms with Crippen molar-refractivity contribution in [1.29, 1.82) is 0 Å². The van der Waals surface area contributed by atoms with Crippen molar-refractivity contribution in [3.63, 3.8) is 0 Å². The zero-order chi connectivity index (χ0) is 15.7. The molecule has 6 heteroatoms. The summed E-state index contributed by atoms with van der Waals surface area (Å²) in [5.74, 6) is 0.608. The molecule has 0 aliphatic heterocycles. The van der Waals surface area contributed by atoms with Gasteiger partial charge in [0.15, 0.2) is 5.65 Å². The maximum absolute atomic E-state index is 11.4. The smallest absolute Gasteiger partial charge is 0.217 e. The summed E-state index contributed by atoms with van der Waals surface area (Å²) in [6, 6.07) is 13.1. The highest BCUT2D eigenvalue weighted by Gasteiger charge is 2.19. The number of hydrogen-bond donors (Lipinski definition) is 1. The van der Waals surface area contributed by atoms with Gasteiger partial charge in [0.25, 0.3) is 0 Å². The molecule has 1 amide bonds. The van der Waals surface area contributed by atoms with Gasteiger partial charge in [0.05, 0.1) is 6.04 Å². The van der Waals surface area contributed by atoms with Crippen molar-refractivity contribution in [3.05, 3.63) is 53.4 Å². The maximum Gasteiger partial charge on any atom is 0.217 e. The predicted octanol–water partition coefficient (Wildman–Crippen LogP) is 3.27. The van der Waals surface area contributed by atoms with Gasteiger partial charge in [0.1, 0.15) is 16.5 Å². The normalized spacial score (nSPS) is 12.3. The van der Waals surface area contributed by atoms with E-state index in [1.807, 2.05) is 47.9 Å². The Hall–Kier alpha value is -2.40. The van der Waals surface area contributed by atoms with E-state index in [1.54, 1.807) is 6.07 Å². The Balaban J connectivity index is 2.25. The lowest BCUT2D eigenvalue weighted by atomic mass is 10.2. The van der Waals surface area contributed by atoms with E-state index in [9.17, 15) is 4.79 Å². The van der Waals surface area contributed by atoms with Gasteiger partial charge >= 0.3 is 0 Å². The van der Waals surface area contributed by atoms with Crippen molar-refractivity contribution in [1.82, 2.24) is 19.9 Å². The molecule has 1 N–H and O–H groups in total. The number of fused-ring (bicyclic) bond motifs is 1. The lowest BCUT2D eigenvalue weighted by molar-refractivity contribution is -0.119. The van der Waals surface area contributed by atoms with Crippen molar-refractivity contribution in [2.45, 2.75) is 19.9 Å². The standard InChI is InChI=1S/C16H15ClN4O/c1-10(18-11(2)22)15-19-13-8-9-14(17)20-16(13)21(15)12-6-4-3-5-7-12/h3-10H,1-2H3,(H,18,22). The zero-order valence-corrected chi connectivity index (χ0v) is 13.0. The van der Waals surface area contributed by atoms with Crippen molar-refractivity contribution >= 4 is 28.7 Å². The van der Waals surface area contributed by atoms with Crippen LogP contribution in [0.15, 0.2) is 42.5 Å². The van der Waals surface area contributed by atoms with Gasteiger partial charge in [-0.2, -0.15) is 0 Å². The number of amides is 1. The van der Waals surface area contributed by atoms with Crippen molar-refractivity contribution in [3.8, 4) is 5.69 Å². The molecule has 0 fully saturated rings. The van der Waals surface area contributed by atoms with Crippen LogP contribution in [0.4, 0.5) is 0 Å². The van der Waals surface area contributed by atoms with Crippen LogP contribution in [-0.2, 0) is 4.79 Å². The molecule has 22 heavy (non-hydrogen) atoms. The van der Waals surface area contributed by atoms with Gasteiger partial charge in [0, 0.05) is 12.6 Å². The summed E-state index contributed by atoms with van der Waals surface area (Å²) >= 11 is 6.03. The second kappa shape index (κ2) is 5.77. The molecule has 0 radical (unpaired) electrons. The van der Waals surface area contributed by atoms with Gasteiger partial charge in [-0.25, -0.2) is 9.97 Å². The van der Waals surface area contributed by atoms with Gasteiger partial charge < -0.3 is 5.32 Å². The van der Waals surface area contributed by atoms with Gasteiger partial charge in [0.2, 0.25) is 5.91 Å². The molecule has 0 aliphatic carbocycles. The summed E-state index contributed by atoms with van der Waals surface area (Å²) in [5, 5.41) is 3.27. The molecule has 0 saturated heterocycles. The first-order valence-corrected chi connectivity index (χ1v) is 7.31. The molecule has 112 valence electrons. The number of pyridine rings is 1. The van der Waals surface area contributed by atoms with Crippen molar-refractivity contribution < 1.29 is 4.79 Å². The van der Waals surface area contributed by atoms with Gasteiger partial charge in [-0.1, -0.05) is 29.8 Å². The fourth-order valence-electron chi connectivity index (χ4n) is 2.44. The molecule has 0 aliphatic rings. The number of carbonyl (C=O) groups is 1. The molecule has 0 bridgehead atoms. The van der Waals surface area contributed by atoms with E-state index in [1.165, 1.54) is 6.92 Å². The lowest BCUT2D eigenvalue weighted by Gasteiger charge is -2.15. The monoisotopic (exact) mass is 314 g/mol. The minimum absolute atomic E-state index is 0.106. The summed E-state index contributed by atoms with van der Waals surface area (Å²) in [6.45, 7) is 3.38. The third-order valence-corrected chi connectivity index (χ3v) is 3.53. The number of carbonyl (C=O) groups excluding carboxylic acids is 1. The summed E-state index contributed by atoms with van der Waals surface area (Å²) in [7, 11) is 0. The van der Waals surface area contributed by atoms with Gasteiger partial charge in [-0.15, -0.1) is 0 Å². The molecule has 1 aromatic carbocycles. The third-order valence-electron chi connectivity index (χ3n) is 3.32. The quantitative estimate of drug-likeness (QED) is 0.755. The maximum atomic E-state index is 11.4. The van der Waals surface area contributed by atoms with Crippen LogP contribution in [0.1, 0.15) is 25.7 Å². The average molecular weight is 315 g/mol. The fraction of sp³-hybridized carbons (Fsp3) is 0.188. The molecule has 3 aromatic rings. The molecule has 2 heterocycles. The minimum Gasteiger partial charge on any atom is -0.347 e. The summed E-state index contributed by atoms with van der Waals surface area (Å²) in [5.41, 5.74) is 2.33. The Labute approximate surface area is 133 Å². The first-order valence-electron chi connectivity index (χ1n) is 6.93. The Bertz CT molecular complexity index is 829. The van der Waals surface area contributed by atoms with E-state index in [0.29, 0.717) is 16.6 Å². The highest BCUT2D eigenvalue weighted by molar-refractivity contribution is 6.29. The number of halogens is 1. The minimum atomic E-state index is -0.245. The molecule has 0 saturated carbocycles. The fourth-order valence-corrected chi connectivity index (χ4v) is 2.59. The first-order chi connectivity index (χ1) is 10.6. The van der Waals surface area contributed by atoms with Crippen molar-refractivity contribution in [2.24, 2.45) is 0 Å². The van der Waals surface area contributed by atoms with Crippen LogP contribution in [0.5, 0.6) is 0 Å². The van der Waals surface area contributed by atoms with Crippen molar-refractivity contribution in [2.75, 3.05) is 0 Å². The molecule has 1 unspecified atom stereocenters. The number of nitrogens with one attached hydrogen (secondary N) is 1. The molecule has 5 nitrogen and oxygen atoms in total. The van der Waals surface area contributed by atoms with Gasteiger partial charge in [-0.3, -0.25) is 9.36 Å². The molecule has 0 spiro atoms. The number of imidazole rings is 1. The number of benzene rings is 1. The van der Waals surface area contributed by atoms with E-state index in [2.05, 4.69) is 15.3 Å². The Morgan fingerprint density at radius 3 is 2.59 bits per heavy atom. The second-order valence-corrected chi connectivity index (χ2v) is 5.43. The van der Waals surface area contributed by atoms with Crippen LogP contribution in [0.25, 0.3) is 16.9 Å². The van der Waals surface area contributed by atoms with Crippen LogP contribution in [0.3, 0.4) is 0 Å². The predicted molar refractivity (Wildman–Crippen MR) is 86.1 cm³/mol. The Morgan fingerprint density at radius 1 is 1.18 bits per heavy atom. The Kier molecular flexibility index (Phi) is 3.81. The van der Waals surface area contributed by atoms with Crippen LogP contribution in [-0.4, -0.2) is 20.4 Å². The largest absolute Gasteiger partial charge is 0.347 e. The van der Waals surface area contributed by atoms with Crippen LogP contribution >= 0.6 is 11.6 Å². The molecular weight excluding hydrogens is 300 g/mol. The van der Waals surface area contributed by atoms with E-state index in [4.69, 9.17) is 11.6 Å². The first kappa shape index (κ1) is 14.5. The van der Waals surface area contributed by atoms with E-state index >= 15 is 0 Å². The topological polar surface area (TPSA) is 59.8 Å². The lowest BCUT2D eigenvalue weighted by Crippen LogP contribution is -2.26. The number of para-hydroxylation sites is 1. The molecule has 3 rings (SSSR count). The highest BCUT2D eigenvalue weighted by Crippen LogP contribution is 2.25. The number of rotatable bonds is 3. The zero-order valence-electron chi connectivity index (χ0n) is 12.2. The van der Waals surface area contributed by atoms with E-state index in [-0.39, 0.29) is 11.9 Å². The number of nitrogens with zero attached hydrogens (tertiary/aromatic N) is 3. The third kappa shape index (κ3) is 2.67. The van der Waals surface area contributed by atoms with E-state index < -0.39 is 0 Å². The number of aromatic nitrogens is 3. The summed E-state index contributed by atoms with van der Waals surface area (Å²) < 4.78 is 1.92. The average Bonchev–Trinajstić information content (AvgIpc) is 2.86. The molecule has 2 aromatic heterocycles. The molecule has 1 atom stereocenters. The van der Waals surface area contributed by atoms with Crippen LogP contribution < -0.4 is 5.32 Å². The van der Waals surface area contributed by atoms with E-state index in [0.717, 1.165) is 11.2 Å². The SMILES string of the molecule is CC(=O)NC(C)c1nc2ccc(Cl)nc2n1-c1ccccc1. The second-order valence-electron chi connectivity index (χ2n) is 5.04. The van der Waals surface area contributed by atoms with Gasteiger partial charge in [-0.05, 0) is 31.2 Å². The van der Waals surface area contributed by atoms with Crippen LogP contribution in [0.2, 0.25) is 5.15 Å². The molecular formula is C16H15ClN4O. The Morgan fingerprint density at radius 2 is 1.91 bits per heavy atom. The number of hydrogen-bond acceptors (Lipinski definition) is 3. The highest BCUT2D eigenvalue weighted by atomic mass is 35.5. The summed E-state index contributed by atoms with van der Waals surface area (Å²) in [6.07, 6.45) is 0. The van der Waals surface area contributed by atoms with Crippen LogP contribution in [0, 0.1) is 0 Å².